The number of allylic oxidation sites excluding steroid dienone is 4. The fourth-order valence-corrected chi connectivity index (χ4v) is 9.67. The van der Waals surface area contributed by atoms with Gasteiger partial charge in [0.15, 0.2) is 0 Å². The van der Waals surface area contributed by atoms with Crippen molar-refractivity contribution >= 4 is 38.9 Å². The second-order valence-electron chi connectivity index (χ2n) is 16.5. The summed E-state index contributed by atoms with van der Waals surface area (Å²) >= 11 is 0. The van der Waals surface area contributed by atoms with Crippen LogP contribution in [0.4, 0.5) is 17.1 Å². The molecule has 1 aromatic heterocycles. The summed E-state index contributed by atoms with van der Waals surface area (Å²) in [7, 11) is 0. The van der Waals surface area contributed by atoms with E-state index in [9.17, 15) is 0 Å². The molecule has 2 nitrogen and oxygen atoms in total. The van der Waals surface area contributed by atoms with Crippen LogP contribution in [0.25, 0.3) is 60.9 Å². The first-order chi connectivity index (χ1) is 29.0. The molecule has 2 aliphatic carbocycles. The molecule has 0 amide bonds. The lowest BCUT2D eigenvalue weighted by atomic mass is 9.82. The summed E-state index contributed by atoms with van der Waals surface area (Å²) in [6.07, 6.45) is 9.91. The number of para-hydroxylation sites is 1. The molecule has 2 aliphatic rings. The molecule has 282 valence electrons. The van der Waals surface area contributed by atoms with Crippen molar-refractivity contribution in [3.63, 3.8) is 0 Å². The third-order valence-corrected chi connectivity index (χ3v) is 12.7. The molecule has 1 heterocycles. The lowest BCUT2D eigenvalue weighted by molar-refractivity contribution is 0.660. The predicted molar refractivity (Wildman–Crippen MR) is 250 cm³/mol. The van der Waals surface area contributed by atoms with Crippen molar-refractivity contribution < 1.29 is 0 Å². The van der Waals surface area contributed by atoms with Crippen molar-refractivity contribution in [3.8, 4) is 39.1 Å². The van der Waals surface area contributed by atoms with Crippen molar-refractivity contribution in [2.75, 3.05) is 4.90 Å². The monoisotopic (exact) mass is 756 g/mol. The first-order valence-electron chi connectivity index (χ1n) is 20.8. The first-order valence-corrected chi connectivity index (χ1v) is 20.8. The summed E-state index contributed by atoms with van der Waals surface area (Å²) in [5.41, 5.74) is 18.5. The minimum Gasteiger partial charge on any atom is -0.310 e. The minimum absolute atomic E-state index is 0.0983. The van der Waals surface area contributed by atoms with E-state index in [4.69, 9.17) is 0 Å². The number of hydrogen-bond acceptors (Lipinski definition) is 1. The van der Waals surface area contributed by atoms with E-state index < -0.39 is 0 Å². The number of benzene rings is 8. The van der Waals surface area contributed by atoms with E-state index in [0.717, 1.165) is 23.5 Å². The van der Waals surface area contributed by atoms with Crippen LogP contribution in [-0.4, -0.2) is 4.57 Å². The molecule has 0 aliphatic heterocycles. The number of hydrogen-bond donors (Lipinski definition) is 0. The number of rotatable bonds is 7. The standard InChI is InChI=1S/C57H44N2/c1-57(2)53-22-11-9-20-49(53)50-34-33-48(38-54(50)57)58(47-19-13-18-43(36-47)40-16-7-4-8-17-40)45-29-26-42(27-30-45)44-28-35-56-52(37-44)51-21-10-12-23-55(51)59(56)46-31-24-41(25-32-46)39-14-5-3-6-15-39/h3-14,16-39H,15H2,1-2H3. The molecule has 0 spiro atoms. The van der Waals surface area contributed by atoms with E-state index in [1.165, 1.54) is 77.6 Å². The Bertz CT molecular complexity index is 3090. The maximum absolute atomic E-state index is 2.42. The zero-order chi connectivity index (χ0) is 39.5. The molecular formula is C57H44N2. The number of nitrogens with zero attached hydrogens (tertiary/aromatic N) is 2. The van der Waals surface area contributed by atoms with Crippen molar-refractivity contribution in [1.82, 2.24) is 4.57 Å². The van der Waals surface area contributed by atoms with E-state index in [-0.39, 0.29) is 5.41 Å². The molecule has 11 rings (SSSR count). The van der Waals surface area contributed by atoms with Gasteiger partial charge >= 0.3 is 0 Å². The normalized spacial score (nSPS) is 15.1. The second kappa shape index (κ2) is 14.0. The van der Waals surface area contributed by atoms with Gasteiger partial charge in [0.2, 0.25) is 0 Å². The van der Waals surface area contributed by atoms with Gasteiger partial charge in [0, 0.05) is 44.9 Å². The smallest absolute Gasteiger partial charge is 0.0541 e. The van der Waals surface area contributed by atoms with Crippen LogP contribution in [0.15, 0.2) is 212 Å². The molecule has 1 atom stereocenters. The zero-order valence-electron chi connectivity index (χ0n) is 33.4. The summed E-state index contributed by atoms with van der Waals surface area (Å²) in [6, 6.07) is 69.5. The highest BCUT2D eigenvalue weighted by Crippen LogP contribution is 2.51. The molecule has 9 aromatic rings. The van der Waals surface area contributed by atoms with Gasteiger partial charge < -0.3 is 9.47 Å². The van der Waals surface area contributed by atoms with Crippen LogP contribution < -0.4 is 4.90 Å². The largest absolute Gasteiger partial charge is 0.310 e. The molecule has 0 fully saturated rings. The average Bonchev–Trinajstić information content (AvgIpc) is 3.75. The first kappa shape index (κ1) is 35.0. The van der Waals surface area contributed by atoms with Crippen LogP contribution in [0.5, 0.6) is 0 Å². The minimum atomic E-state index is -0.0983. The lowest BCUT2D eigenvalue weighted by Gasteiger charge is -2.28. The summed E-state index contributed by atoms with van der Waals surface area (Å²) in [5.74, 6) is 0.436. The van der Waals surface area contributed by atoms with Crippen LogP contribution in [0.3, 0.4) is 0 Å². The SMILES string of the molecule is CC1(C)c2ccccc2-c2ccc(N(c3ccc(-c4ccc5c(c4)c4ccccc4n5-c4ccc(C5C=CC=CC5)cc4)cc3)c3cccc(-c4ccccc4)c3)cc21. The number of aromatic nitrogens is 1. The maximum atomic E-state index is 2.42. The Morgan fingerprint density at radius 2 is 1.14 bits per heavy atom. The molecule has 1 unspecified atom stereocenters. The fraction of sp³-hybridized carbons (Fsp3) is 0.0877. The Balaban J connectivity index is 0.986. The van der Waals surface area contributed by atoms with E-state index in [1.54, 1.807) is 0 Å². The number of anilines is 3. The van der Waals surface area contributed by atoms with Gasteiger partial charge in [-0.05, 0) is 123 Å². The van der Waals surface area contributed by atoms with Crippen molar-refractivity contribution in [3.05, 3.63) is 229 Å². The molecule has 2 heteroatoms. The fourth-order valence-electron chi connectivity index (χ4n) is 9.67. The Hall–Kier alpha value is -7.16. The lowest BCUT2D eigenvalue weighted by Crippen LogP contribution is -2.16. The third kappa shape index (κ3) is 5.94. The second-order valence-corrected chi connectivity index (χ2v) is 16.5. The molecule has 0 saturated heterocycles. The highest BCUT2D eigenvalue weighted by atomic mass is 15.1. The molecule has 0 bridgehead atoms. The van der Waals surface area contributed by atoms with Crippen LogP contribution in [0, 0.1) is 0 Å². The van der Waals surface area contributed by atoms with Crippen molar-refractivity contribution in [1.29, 1.82) is 0 Å². The number of fused-ring (bicyclic) bond motifs is 6. The Morgan fingerprint density at radius 1 is 0.475 bits per heavy atom. The summed E-state index contributed by atoms with van der Waals surface area (Å²) in [5, 5.41) is 2.52. The van der Waals surface area contributed by atoms with Gasteiger partial charge in [-0.15, -0.1) is 0 Å². The van der Waals surface area contributed by atoms with Crippen LogP contribution in [0.1, 0.15) is 42.9 Å². The van der Waals surface area contributed by atoms with Gasteiger partial charge in [0.05, 0.1) is 11.0 Å². The van der Waals surface area contributed by atoms with Gasteiger partial charge in [-0.3, -0.25) is 0 Å². The van der Waals surface area contributed by atoms with E-state index >= 15 is 0 Å². The molecule has 0 N–H and O–H groups in total. The molecule has 59 heavy (non-hydrogen) atoms. The summed E-state index contributed by atoms with van der Waals surface area (Å²) in [4.78, 5) is 2.42. The highest BCUT2D eigenvalue weighted by Gasteiger charge is 2.35. The van der Waals surface area contributed by atoms with Crippen LogP contribution in [-0.2, 0) is 5.41 Å². The van der Waals surface area contributed by atoms with Crippen molar-refractivity contribution in [2.24, 2.45) is 0 Å². The van der Waals surface area contributed by atoms with E-state index in [1.807, 2.05) is 0 Å². The Kier molecular flexibility index (Phi) is 8.34. The Morgan fingerprint density at radius 3 is 1.97 bits per heavy atom. The van der Waals surface area contributed by atoms with Crippen LogP contribution >= 0.6 is 0 Å². The van der Waals surface area contributed by atoms with Gasteiger partial charge in [0.25, 0.3) is 0 Å². The molecular weight excluding hydrogens is 713 g/mol. The molecule has 0 radical (unpaired) electrons. The highest BCUT2D eigenvalue weighted by molar-refractivity contribution is 6.10. The Labute approximate surface area is 346 Å². The van der Waals surface area contributed by atoms with Gasteiger partial charge in [0.1, 0.15) is 0 Å². The molecule has 0 saturated carbocycles. The van der Waals surface area contributed by atoms with Gasteiger partial charge in [-0.2, -0.15) is 0 Å². The molecule has 8 aromatic carbocycles. The quantitative estimate of drug-likeness (QED) is 0.157. The average molecular weight is 757 g/mol. The van der Waals surface area contributed by atoms with E-state index in [2.05, 4.69) is 236 Å². The topological polar surface area (TPSA) is 8.17 Å². The summed E-state index contributed by atoms with van der Waals surface area (Å²) in [6.45, 7) is 4.71. The van der Waals surface area contributed by atoms with Gasteiger partial charge in [-0.25, -0.2) is 0 Å². The van der Waals surface area contributed by atoms with Crippen molar-refractivity contribution in [2.45, 2.75) is 31.6 Å². The third-order valence-electron chi connectivity index (χ3n) is 12.7. The van der Waals surface area contributed by atoms with E-state index in [0.29, 0.717) is 5.92 Å². The predicted octanol–water partition coefficient (Wildman–Crippen LogP) is 15.5. The zero-order valence-corrected chi connectivity index (χ0v) is 33.4. The van der Waals surface area contributed by atoms with Gasteiger partial charge in [-0.1, -0.05) is 159 Å². The van der Waals surface area contributed by atoms with Crippen LogP contribution in [0.2, 0.25) is 0 Å². The summed E-state index contributed by atoms with van der Waals surface area (Å²) < 4.78 is 2.41. The maximum Gasteiger partial charge on any atom is 0.0541 e.